The maximum atomic E-state index is 8.30. The van der Waals surface area contributed by atoms with Crippen molar-refractivity contribution in [2.75, 3.05) is 0 Å². The summed E-state index contributed by atoms with van der Waals surface area (Å²) in [5, 5.41) is 8.30. The van der Waals surface area contributed by atoms with E-state index in [0.29, 0.717) is 11.8 Å². The van der Waals surface area contributed by atoms with Crippen LogP contribution in [0.2, 0.25) is 0 Å². The van der Waals surface area contributed by atoms with Gasteiger partial charge in [-0.25, -0.2) is 0 Å². The van der Waals surface area contributed by atoms with Crippen molar-refractivity contribution in [3.8, 4) is 6.19 Å². The van der Waals surface area contributed by atoms with E-state index >= 15 is 0 Å². The minimum absolute atomic E-state index is 0.389. The first-order valence-electron chi connectivity index (χ1n) is 3.56. The molecule has 10 heavy (non-hydrogen) atoms. The number of hydrogen-bond donors (Lipinski definition) is 0. The van der Waals surface area contributed by atoms with E-state index in [1.54, 1.807) is 0 Å². The fourth-order valence-corrected chi connectivity index (χ4v) is 0.983. The van der Waals surface area contributed by atoms with Gasteiger partial charge in [0, 0.05) is 5.71 Å². The highest BCUT2D eigenvalue weighted by Gasteiger charge is 2.08. The number of rotatable bonds is 2. The zero-order chi connectivity index (χ0) is 8.15. The van der Waals surface area contributed by atoms with Gasteiger partial charge in [0.1, 0.15) is 0 Å². The number of nitrogens with zero attached hydrogens (tertiary/aromatic N) is 2. The molecule has 0 saturated heterocycles. The largest absolute Gasteiger partial charge is 0.205 e. The minimum atomic E-state index is 0.389. The number of nitriles is 1. The van der Waals surface area contributed by atoms with Crippen molar-refractivity contribution in [2.45, 2.75) is 27.7 Å². The van der Waals surface area contributed by atoms with Crippen LogP contribution in [0.25, 0.3) is 0 Å². The highest BCUT2D eigenvalue weighted by Crippen LogP contribution is 2.07. The van der Waals surface area contributed by atoms with Gasteiger partial charge in [-0.05, 0) is 11.8 Å². The summed E-state index contributed by atoms with van der Waals surface area (Å²) in [4.78, 5) is 3.75. The Morgan fingerprint density at radius 3 is 1.70 bits per heavy atom. The summed E-state index contributed by atoms with van der Waals surface area (Å²) in [6.07, 6.45) is 1.82. The van der Waals surface area contributed by atoms with Gasteiger partial charge in [-0.2, -0.15) is 10.3 Å². The fraction of sp³-hybridized carbons (Fsp3) is 0.750. The first-order chi connectivity index (χ1) is 4.59. The van der Waals surface area contributed by atoms with E-state index in [4.69, 9.17) is 5.26 Å². The molecule has 0 aliphatic rings. The Balaban J connectivity index is 4.30. The van der Waals surface area contributed by atoms with Crippen LogP contribution in [0.5, 0.6) is 0 Å². The van der Waals surface area contributed by atoms with Gasteiger partial charge in [-0.1, -0.05) is 27.7 Å². The Morgan fingerprint density at radius 2 is 1.60 bits per heavy atom. The van der Waals surface area contributed by atoms with Gasteiger partial charge < -0.3 is 0 Å². The van der Waals surface area contributed by atoms with E-state index in [1.165, 1.54) is 0 Å². The molecule has 0 aromatic rings. The van der Waals surface area contributed by atoms with Crippen molar-refractivity contribution in [1.29, 1.82) is 5.26 Å². The lowest BCUT2D eigenvalue weighted by Crippen LogP contribution is -2.14. The van der Waals surface area contributed by atoms with Gasteiger partial charge in [-0.3, -0.25) is 0 Å². The highest BCUT2D eigenvalue weighted by atomic mass is 14.7. The topological polar surface area (TPSA) is 36.1 Å². The Labute approximate surface area is 62.6 Å². The first-order valence-corrected chi connectivity index (χ1v) is 3.56. The van der Waals surface area contributed by atoms with Gasteiger partial charge in [-0.15, -0.1) is 0 Å². The van der Waals surface area contributed by atoms with Crippen LogP contribution in [-0.2, 0) is 0 Å². The Morgan fingerprint density at radius 1 is 1.20 bits per heavy atom. The second kappa shape index (κ2) is 4.05. The van der Waals surface area contributed by atoms with Crippen molar-refractivity contribution in [1.82, 2.24) is 0 Å². The Bertz CT molecular complexity index is 151. The molecule has 0 fully saturated rings. The normalized spacial score (nSPS) is 9.70. The third-order valence-corrected chi connectivity index (χ3v) is 1.36. The minimum Gasteiger partial charge on any atom is -0.182 e. The molecule has 2 heteroatoms. The van der Waals surface area contributed by atoms with Crippen LogP contribution in [0.1, 0.15) is 27.7 Å². The first kappa shape index (κ1) is 9.16. The van der Waals surface area contributed by atoms with E-state index < -0.39 is 0 Å². The molecule has 0 bridgehead atoms. The van der Waals surface area contributed by atoms with Crippen LogP contribution in [0.3, 0.4) is 0 Å². The Hall–Kier alpha value is -0.840. The summed E-state index contributed by atoms with van der Waals surface area (Å²) < 4.78 is 0. The smallest absolute Gasteiger partial charge is 0.182 e. The molecule has 0 aliphatic carbocycles. The summed E-state index contributed by atoms with van der Waals surface area (Å²) in [6, 6.07) is 0. The molecule has 0 N–H and O–H groups in total. The average Bonchev–Trinajstić information content (AvgIpc) is 1.81. The maximum absolute atomic E-state index is 8.30. The van der Waals surface area contributed by atoms with Crippen LogP contribution in [0, 0.1) is 23.3 Å². The van der Waals surface area contributed by atoms with Crippen LogP contribution >= 0.6 is 0 Å². The molecular formula is C8H14N2. The summed E-state index contributed by atoms with van der Waals surface area (Å²) in [6.45, 7) is 8.21. The zero-order valence-electron chi connectivity index (χ0n) is 7.05. The number of hydrogen-bond acceptors (Lipinski definition) is 2. The average molecular weight is 138 g/mol. The SMILES string of the molecule is CC(C)C(=NC#N)C(C)C. The van der Waals surface area contributed by atoms with E-state index in [-0.39, 0.29) is 0 Å². The molecule has 0 aromatic heterocycles. The lowest BCUT2D eigenvalue weighted by atomic mass is 9.98. The molecule has 0 atom stereocenters. The summed E-state index contributed by atoms with van der Waals surface area (Å²) in [5.41, 5.74) is 0.988. The van der Waals surface area contributed by atoms with Gasteiger partial charge in [0.2, 0.25) is 6.19 Å². The maximum Gasteiger partial charge on any atom is 0.205 e. The predicted octanol–water partition coefficient (Wildman–Crippen LogP) is 2.22. The van der Waals surface area contributed by atoms with Crippen LogP contribution in [0.15, 0.2) is 4.99 Å². The molecule has 0 saturated carbocycles. The van der Waals surface area contributed by atoms with Gasteiger partial charge in [0.05, 0.1) is 0 Å². The van der Waals surface area contributed by atoms with Crippen molar-refractivity contribution >= 4 is 5.71 Å². The summed E-state index contributed by atoms with van der Waals surface area (Å²) in [5.74, 6) is 0.777. The second-order valence-electron chi connectivity index (χ2n) is 2.95. The molecule has 0 aromatic carbocycles. The second-order valence-corrected chi connectivity index (χ2v) is 2.95. The standard InChI is InChI=1S/C8H14N2/c1-6(2)8(7(3)4)10-5-9/h6-7H,1-4H3. The van der Waals surface area contributed by atoms with Crippen LogP contribution in [0.4, 0.5) is 0 Å². The molecule has 0 aliphatic heterocycles. The van der Waals surface area contributed by atoms with E-state index in [1.807, 2.05) is 6.19 Å². The number of aliphatic imine (C=N–C) groups is 1. The molecule has 0 amide bonds. The molecular weight excluding hydrogens is 124 g/mol. The molecule has 0 heterocycles. The van der Waals surface area contributed by atoms with Crippen molar-refractivity contribution in [2.24, 2.45) is 16.8 Å². The highest BCUT2D eigenvalue weighted by molar-refractivity contribution is 5.88. The monoisotopic (exact) mass is 138 g/mol. The molecule has 0 radical (unpaired) electrons. The predicted molar refractivity (Wildman–Crippen MR) is 42.7 cm³/mol. The van der Waals surface area contributed by atoms with Crippen LogP contribution < -0.4 is 0 Å². The van der Waals surface area contributed by atoms with Gasteiger partial charge in [0.15, 0.2) is 0 Å². The van der Waals surface area contributed by atoms with E-state index in [9.17, 15) is 0 Å². The lowest BCUT2D eigenvalue weighted by Gasteiger charge is -2.10. The summed E-state index contributed by atoms with van der Waals surface area (Å²) >= 11 is 0. The van der Waals surface area contributed by atoms with Crippen molar-refractivity contribution in [3.63, 3.8) is 0 Å². The zero-order valence-corrected chi connectivity index (χ0v) is 7.05. The summed E-state index contributed by atoms with van der Waals surface area (Å²) in [7, 11) is 0. The molecule has 0 unspecified atom stereocenters. The van der Waals surface area contributed by atoms with E-state index in [2.05, 4.69) is 32.7 Å². The van der Waals surface area contributed by atoms with Crippen molar-refractivity contribution < 1.29 is 0 Å². The molecule has 0 spiro atoms. The fourth-order valence-electron chi connectivity index (χ4n) is 0.983. The quantitative estimate of drug-likeness (QED) is 0.425. The lowest BCUT2D eigenvalue weighted by molar-refractivity contribution is 0.765. The third kappa shape index (κ3) is 2.63. The van der Waals surface area contributed by atoms with Gasteiger partial charge >= 0.3 is 0 Å². The van der Waals surface area contributed by atoms with Crippen LogP contribution in [-0.4, -0.2) is 5.71 Å². The molecule has 2 nitrogen and oxygen atoms in total. The van der Waals surface area contributed by atoms with E-state index in [0.717, 1.165) is 5.71 Å². The molecule has 0 rings (SSSR count). The van der Waals surface area contributed by atoms with Gasteiger partial charge in [0.25, 0.3) is 0 Å². The molecule has 56 valence electrons. The Kier molecular flexibility index (Phi) is 3.71. The third-order valence-electron chi connectivity index (χ3n) is 1.36. The van der Waals surface area contributed by atoms with Crippen molar-refractivity contribution in [3.05, 3.63) is 0 Å².